The predicted octanol–water partition coefficient (Wildman–Crippen LogP) is 4.54. The van der Waals surface area contributed by atoms with E-state index in [4.69, 9.17) is 24.4 Å². The van der Waals surface area contributed by atoms with E-state index in [0.29, 0.717) is 22.6 Å². The summed E-state index contributed by atoms with van der Waals surface area (Å²) in [5, 5.41) is 20.9. The van der Waals surface area contributed by atoms with E-state index in [1.165, 1.54) is 50.6 Å². The number of benzene rings is 3. The number of hydrogen-bond donors (Lipinski definition) is 2. The molecule has 1 unspecified atom stereocenters. The standard InChI is InChI=1S/C27H19FN2O6/c1-33-15-7-8-16(19(9-15)34-2)20-10-18(31)24-21(35-20)11-22-25(26(24)32)23(17(12-29)27(30)36-22)13-3-5-14(28)6-4-13/h3-11,23,32H,30H2,1-2H3. The van der Waals surface area contributed by atoms with E-state index >= 15 is 0 Å². The zero-order valence-electron chi connectivity index (χ0n) is 19.2. The average molecular weight is 486 g/mol. The molecule has 9 heteroatoms. The first-order valence-corrected chi connectivity index (χ1v) is 10.8. The smallest absolute Gasteiger partial charge is 0.205 e. The van der Waals surface area contributed by atoms with Gasteiger partial charge in [0.15, 0.2) is 5.43 Å². The van der Waals surface area contributed by atoms with E-state index < -0.39 is 22.9 Å². The third-order valence-corrected chi connectivity index (χ3v) is 6.06. The minimum Gasteiger partial charge on any atom is -0.507 e. The first-order valence-electron chi connectivity index (χ1n) is 10.8. The van der Waals surface area contributed by atoms with Crippen molar-refractivity contribution in [2.75, 3.05) is 14.2 Å². The topological polar surface area (TPSA) is 128 Å². The number of phenols is 1. The van der Waals surface area contributed by atoms with Crippen molar-refractivity contribution in [3.8, 4) is 40.4 Å². The minimum atomic E-state index is -0.885. The third-order valence-electron chi connectivity index (χ3n) is 6.06. The Hall–Kier alpha value is -4.97. The second-order valence-corrected chi connectivity index (χ2v) is 8.03. The molecule has 0 saturated carbocycles. The number of nitrogens with zero attached hydrogens (tertiary/aromatic N) is 1. The number of nitriles is 1. The summed E-state index contributed by atoms with van der Waals surface area (Å²) in [6.45, 7) is 0. The SMILES string of the molecule is COc1ccc(-c2cc(=O)c3c(O)c4c(cc3o2)OC(N)=C(C#N)C4c2ccc(F)cc2)c(OC)c1. The predicted molar refractivity (Wildman–Crippen MR) is 128 cm³/mol. The lowest BCUT2D eigenvalue weighted by Crippen LogP contribution is -2.21. The van der Waals surface area contributed by atoms with Crippen LogP contribution in [0.1, 0.15) is 17.0 Å². The van der Waals surface area contributed by atoms with E-state index in [2.05, 4.69) is 0 Å². The van der Waals surface area contributed by atoms with Crippen LogP contribution in [0.25, 0.3) is 22.3 Å². The normalized spacial score (nSPS) is 14.7. The Morgan fingerprint density at radius 1 is 1.08 bits per heavy atom. The van der Waals surface area contributed by atoms with Crippen LogP contribution in [-0.4, -0.2) is 19.3 Å². The number of fused-ring (bicyclic) bond motifs is 2. The minimum absolute atomic E-state index is 0.0211. The molecule has 0 fully saturated rings. The number of nitrogens with two attached hydrogens (primary N) is 1. The molecular formula is C27H19FN2O6. The molecule has 0 saturated heterocycles. The zero-order valence-corrected chi connectivity index (χ0v) is 19.2. The Bertz CT molecular complexity index is 1650. The molecule has 0 spiro atoms. The molecule has 4 aromatic rings. The lowest BCUT2D eigenvalue weighted by Gasteiger charge is -2.27. The van der Waals surface area contributed by atoms with E-state index in [9.17, 15) is 19.6 Å². The van der Waals surface area contributed by atoms with Crippen LogP contribution in [0.15, 0.2) is 75.3 Å². The Balaban J connectivity index is 1.75. The second-order valence-electron chi connectivity index (χ2n) is 8.03. The van der Waals surface area contributed by atoms with Gasteiger partial charge in [-0.1, -0.05) is 12.1 Å². The van der Waals surface area contributed by atoms with Crippen LogP contribution in [0.2, 0.25) is 0 Å². The van der Waals surface area contributed by atoms with Crippen molar-refractivity contribution < 1.29 is 28.1 Å². The van der Waals surface area contributed by atoms with Gasteiger partial charge in [0.05, 0.1) is 31.3 Å². The summed E-state index contributed by atoms with van der Waals surface area (Å²) in [5.74, 6) is -0.673. The number of aromatic hydroxyl groups is 1. The highest BCUT2D eigenvalue weighted by atomic mass is 19.1. The number of methoxy groups -OCH3 is 2. The quantitative estimate of drug-likeness (QED) is 0.430. The van der Waals surface area contributed by atoms with Gasteiger partial charge in [0.2, 0.25) is 5.88 Å². The highest BCUT2D eigenvalue weighted by molar-refractivity contribution is 5.89. The largest absolute Gasteiger partial charge is 0.507 e. The fraction of sp³-hybridized carbons (Fsp3) is 0.111. The molecule has 1 aliphatic rings. The van der Waals surface area contributed by atoms with Crippen LogP contribution < -0.4 is 25.4 Å². The summed E-state index contributed by atoms with van der Waals surface area (Å²) < 4.78 is 35.9. The van der Waals surface area contributed by atoms with Gasteiger partial charge in [-0.05, 0) is 29.8 Å². The number of hydrogen-bond acceptors (Lipinski definition) is 8. The van der Waals surface area contributed by atoms with Gasteiger partial charge < -0.3 is 29.5 Å². The maximum atomic E-state index is 13.6. The lowest BCUT2D eigenvalue weighted by atomic mass is 9.82. The number of halogens is 1. The Kier molecular flexibility index (Phi) is 5.49. The molecule has 36 heavy (non-hydrogen) atoms. The molecule has 0 amide bonds. The number of allylic oxidation sites excluding steroid dienone is 1. The fourth-order valence-electron chi connectivity index (χ4n) is 4.36. The molecular weight excluding hydrogens is 467 g/mol. The van der Waals surface area contributed by atoms with Crippen LogP contribution in [0.4, 0.5) is 4.39 Å². The summed E-state index contributed by atoms with van der Waals surface area (Å²) >= 11 is 0. The first kappa shape index (κ1) is 22.8. The second kappa shape index (κ2) is 8.67. The molecule has 1 aliphatic heterocycles. The number of ether oxygens (including phenoxy) is 3. The Labute approximate surface area is 204 Å². The maximum Gasteiger partial charge on any atom is 0.205 e. The zero-order chi connectivity index (χ0) is 25.6. The molecule has 3 N–H and O–H groups in total. The first-order chi connectivity index (χ1) is 17.4. The van der Waals surface area contributed by atoms with Crippen molar-refractivity contribution in [3.05, 3.63) is 93.2 Å². The van der Waals surface area contributed by atoms with Crippen molar-refractivity contribution in [3.63, 3.8) is 0 Å². The monoisotopic (exact) mass is 486 g/mol. The van der Waals surface area contributed by atoms with E-state index in [0.717, 1.165) is 0 Å². The van der Waals surface area contributed by atoms with Crippen LogP contribution in [0, 0.1) is 17.1 Å². The molecule has 1 aromatic heterocycles. The number of phenolic OH excluding ortho intramolecular Hbond substituents is 1. The molecule has 0 bridgehead atoms. The molecule has 1 atom stereocenters. The highest BCUT2D eigenvalue weighted by Gasteiger charge is 2.35. The van der Waals surface area contributed by atoms with Gasteiger partial charge in [-0.2, -0.15) is 5.26 Å². The van der Waals surface area contributed by atoms with Crippen LogP contribution >= 0.6 is 0 Å². The molecule has 3 aromatic carbocycles. The maximum absolute atomic E-state index is 13.6. The van der Waals surface area contributed by atoms with Gasteiger partial charge in [0.1, 0.15) is 57.2 Å². The summed E-state index contributed by atoms with van der Waals surface area (Å²) in [5.41, 5.74) is 6.70. The van der Waals surface area contributed by atoms with Crippen LogP contribution in [0.3, 0.4) is 0 Å². The third kappa shape index (κ3) is 3.56. The van der Waals surface area contributed by atoms with E-state index in [-0.39, 0.29) is 39.5 Å². The molecule has 8 nitrogen and oxygen atoms in total. The fourth-order valence-corrected chi connectivity index (χ4v) is 4.36. The number of rotatable bonds is 4. The average Bonchev–Trinajstić information content (AvgIpc) is 2.87. The van der Waals surface area contributed by atoms with Crippen LogP contribution in [0.5, 0.6) is 23.0 Å². The van der Waals surface area contributed by atoms with Crippen molar-refractivity contribution >= 4 is 11.0 Å². The summed E-state index contributed by atoms with van der Waals surface area (Å²) in [4.78, 5) is 13.2. The molecule has 0 radical (unpaired) electrons. The van der Waals surface area contributed by atoms with Gasteiger partial charge in [-0.15, -0.1) is 0 Å². The summed E-state index contributed by atoms with van der Waals surface area (Å²) in [6, 6.07) is 15.1. The van der Waals surface area contributed by atoms with E-state index in [1.54, 1.807) is 18.2 Å². The summed E-state index contributed by atoms with van der Waals surface area (Å²) in [6.07, 6.45) is 0. The highest BCUT2D eigenvalue weighted by Crippen LogP contribution is 2.49. The van der Waals surface area contributed by atoms with Gasteiger partial charge in [-0.25, -0.2) is 4.39 Å². The van der Waals surface area contributed by atoms with Crippen molar-refractivity contribution in [1.82, 2.24) is 0 Å². The van der Waals surface area contributed by atoms with Gasteiger partial charge >= 0.3 is 0 Å². The van der Waals surface area contributed by atoms with Crippen molar-refractivity contribution in [2.24, 2.45) is 5.73 Å². The Morgan fingerprint density at radius 3 is 2.50 bits per heavy atom. The molecule has 0 aliphatic carbocycles. The van der Waals surface area contributed by atoms with Crippen molar-refractivity contribution in [2.45, 2.75) is 5.92 Å². The van der Waals surface area contributed by atoms with Gasteiger partial charge in [-0.3, -0.25) is 4.79 Å². The Morgan fingerprint density at radius 2 is 1.83 bits per heavy atom. The van der Waals surface area contributed by atoms with Gasteiger partial charge in [0, 0.05) is 18.2 Å². The van der Waals surface area contributed by atoms with Crippen molar-refractivity contribution in [1.29, 1.82) is 5.26 Å². The molecule has 180 valence electrons. The summed E-state index contributed by atoms with van der Waals surface area (Å²) in [7, 11) is 3.00. The van der Waals surface area contributed by atoms with E-state index in [1.807, 2.05) is 6.07 Å². The lowest BCUT2D eigenvalue weighted by molar-refractivity contribution is 0.383. The van der Waals surface area contributed by atoms with Gasteiger partial charge in [0.25, 0.3) is 0 Å². The van der Waals surface area contributed by atoms with Crippen LogP contribution in [-0.2, 0) is 0 Å². The molecule has 2 heterocycles. The molecule has 5 rings (SSSR count).